The molecule has 1 atom stereocenters. The predicted molar refractivity (Wildman–Crippen MR) is 80.4 cm³/mol. The Balaban J connectivity index is 0.00000162. The summed E-state index contributed by atoms with van der Waals surface area (Å²) in [5.41, 5.74) is 5.54. The van der Waals surface area contributed by atoms with Gasteiger partial charge < -0.3 is 11.1 Å². The van der Waals surface area contributed by atoms with Gasteiger partial charge in [0.2, 0.25) is 0 Å². The van der Waals surface area contributed by atoms with Crippen LogP contribution in [0.4, 0.5) is 5.13 Å². The topological polar surface area (TPSA) is 63.8 Å². The Bertz CT molecular complexity index is 471. The largest absolute Gasteiger partial charge is 0.375 e. The summed E-state index contributed by atoms with van der Waals surface area (Å²) in [5.74, 6) is 0. The summed E-state index contributed by atoms with van der Waals surface area (Å²) in [7, 11) is 0. The van der Waals surface area contributed by atoms with E-state index >= 15 is 0 Å². The first-order valence-electron chi connectivity index (χ1n) is 5.49. The van der Waals surface area contributed by atoms with E-state index in [2.05, 4.69) is 29.1 Å². The number of nitrogens with zero attached hydrogens (tertiary/aromatic N) is 2. The molecule has 0 bridgehead atoms. The first kappa shape index (κ1) is 15.4. The number of anilines is 1. The summed E-state index contributed by atoms with van der Waals surface area (Å²) in [4.78, 5) is 9.60. The monoisotopic (exact) mass is 304 g/mol. The fraction of sp³-hybridized carbons (Fsp3) is 0.455. The summed E-state index contributed by atoms with van der Waals surface area (Å²) in [6, 6.07) is 0. The third-order valence-corrected chi connectivity index (χ3v) is 4.70. The lowest BCUT2D eigenvalue weighted by molar-refractivity contribution is 0.351. The minimum absolute atomic E-state index is 0. The Morgan fingerprint density at radius 2 is 2.22 bits per heavy atom. The van der Waals surface area contributed by atoms with Crippen LogP contribution in [0.2, 0.25) is 0 Å². The molecule has 1 unspecified atom stereocenters. The molecule has 0 spiro atoms. The van der Waals surface area contributed by atoms with Crippen LogP contribution in [0.5, 0.6) is 0 Å². The molecule has 0 radical (unpaired) electrons. The average molecular weight is 305 g/mol. The molecule has 0 aliphatic carbocycles. The maximum Gasteiger partial charge on any atom is 0.180 e. The van der Waals surface area contributed by atoms with Gasteiger partial charge in [-0.05, 0) is 13.3 Å². The van der Waals surface area contributed by atoms with Crippen LogP contribution < -0.4 is 11.1 Å². The Labute approximate surface area is 121 Å². The van der Waals surface area contributed by atoms with Crippen molar-refractivity contribution in [1.29, 1.82) is 0 Å². The number of nitrogens with one attached hydrogen (secondary N) is 1. The van der Waals surface area contributed by atoms with E-state index in [9.17, 15) is 0 Å². The Morgan fingerprint density at radius 3 is 2.72 bits per heavy atom. The van der Waals surface area contributed by atoms with Crippen molar-refractivity contribution in [1.82, 2.24) is 15.3 Å². The zero-order valence-electron chi connectivity index (χ0n) is 10.3. The zero-order chi connectivity index (χ0) is 12.3. The van der Waals surface area contributed by atoms with Crippen molar-refractivity contribution in [2.45, 2.75) is 32.4 Å². The van der Waals surface area contributed by atoms with Crippen LogP contribution in [0.1, 0.15) is 30.2 Å². The number of nitrogens with two attached hydrogens (primary N) is 1. The van der Waals surface area contributed by atoms with Gasteiger partial charge in [0, 0.05) is 29.2 Å². The van der Waals surface area contributed by atoms with E-state index in [1.165, 1.54) is 11.3 Å². The molecule has 0 aromatic carbocycles. The lowest BCUT2D eigenvalue weighted by Crippen LogP contribution is -2.38. The molecule has 0 aliphatic rings. The van der Waals surface area contributed by atoms with Crippen molar-refractivity contribution >= 4 is 40.2 Å². The van der Waals surface area contributed by atoms with Crippen LogP contribution in [0.3, 0.4) is 0 Å². The molecule has 3 N–H and O–H groups in total. The van der Waals surface area contributed by atoms with E-state index in [1.807, 2.05) is 17.8 Å². The number of aromatic nitrogens is 2. The van der Waals surface area contributed by atoms with Gasteiger partial charge >= 0.3 is 0 Å². The van der Waals surface area contributed by atoms with Crippen LogP contribution in [0.15, 0.2) is 17.8 Å². The molecule has 7 heteroatoms. The summed E-state index contributed by atoms with van der Waals surface area (Å²) >= 11 is 3.21. The minimum Gasteiger partial charge on any atom is -0.375 e. The Morgan fingerprint density at radius 1 is 1.44 bits per heavy atom. The molecule has 0 saturated heterocycles. The highest BCUT2D eigenvalue weighted by Crippen LogP contribution is 2.27. The molecule has 0 aliphatic heterocycles. The quantitative estimate of drug-likeness (QED) is 0.891. The highest BCUT2D eigenvalue weighted by atomic mass is 35.5. The van der Waals surface area contributed by atoms with Gasteiger partial charge in [-0.15, -0.1) is 35.1 Å². The van der Waals surface area contributed by atoms with Crippen molar-refractivity contribution in [2.75, 3.05) is 5.73 Å². The van der Waals surface area contributed by atoms with Gasteiger partial charge in [0.1, 0.15) is 5.01 Å². The van der Waals surface area contributed by atoms with Gasteiger partial charge in [-0.1, -0.05) is 6.92 Å². The molecule has 0 fully saturated rings. The predicted octanol–water partition coefficient (Wildman–Crippen LogP) is 3.02. The first-order chi connectivity index (χ1) is 8.14. The number of nitrogen functional groups attached to an aromatic ring is 1. The molecule has 18 heavy (non-hydrogen) atoms. The Hall–Kier alpha value is -0.690. The second kappa shape index (κ2) is 6.47. The molecule has 2 aromatic heterocycles. The molecular formula is C11H17ClN4S2. The third kappa shape index (κ3) is 3.41. The van der Waals surface area contributed by atoms with E-state index in [-0.39, 0.29) is 17.9 Å². The fourth-order valence-corrected chi connectivity index (χ4v) is 3.01. The average Bonchev–Trinajstić information content (AvgIpc) is 2.97. The van der Waals surface area contributed by atoms with Crippen LogP contribution in [0.25, 0.3) is 0 Å². The normalized spacial score (nSPS) is 13.9. The molecule has 2 rings (SSSR count). The third-order valence-electron chi connectivity index (χ3n) is 2.84. The highest BCUT2D eigenvalue weighted by molar-refractivity contribution is 7.15. The van der Waals surface area contributed by atoms with E-state index < -0.39 is 0 Å². The van der Waals surface area contributed by atoms with E-state index in [0.29, 0.717) is 5.13 Å². The maximum atomic E-state index is 5.61. The molecule has 4 nitrogen and oxygen atoms in total. The number of hydrogen-bond donors (Lipinski definition) is 2. The van der Waals surface area contributed by atoms with Gasteiger partial charge in [0.25, 0.3) is 0 Å². The van der Waals surface area contributed by atoms with Gasteiger partial charge in [0.05, 0.1) is 5.54 Å². The van der Waals surface area contributed by atoms with Crippen molar-refractivity contribution < 1.29 is 0 Å². The van der Waals surface area contributed by atoms with Gasteiger partial charge in [-0.25, -0.2) is 9.97 Å². The number of halogens is 1. The van der Waals surface area contributed by atoms with Gasteiger partial charge in [-0.3, -0.25) is 0 Å². The summed E-state index contributed by atoms with van der Waals surface area (Å²) in [6.07, 6.45) is 4.67. The Kier molecular flexibility index (Phi) is 5.52. The lowest BCUT2D eigenvalue weighted by Gasteiger charge is -2.27. The number of thiazole rings is 2. The molecule has 2 aromatic rings. The van der Waals surface area contributed by atoms with Crippen molar-refractivity contribution in [2.24, 2.45) is 0 Å². The van der Waals surface area contributed by atoms with Crippen LogP contribution in [-0.4, -0.2) is 9.97 Å². The zero-order valence-corrected chi connectivity index (χ0v) is 12.8. The van der Waals surface area contributed by atoms with Crippen molar-refractivity contribution in [3.63, 3.8) is 0 Å². The molecule has 100 valence electrons. The number of rotatable bonds is 5. The van der Waals surface area contributed by atoms with E-state index in [4.69, 9.17) is 5.73 Å². The standard InChI is InChI=1S/C11H16N4S2.ClH/c1-3-11(2,9-13-4-5-16-9)15-7-8-6-14-10(12)17-8;/h4-6,15H,3,7H2,1-2H3,(H2,12,14);1H. The molecule has 2 heterocycles. The van der Waals surface area contributed by atoms with Gasteiger partial charge in [-0.2, -0.15) is 0 Å². The summed E-state index contributed by atoms with van der Waals surface area (Å²) in [5, 5.41) is 7.29. The molecular weight excluding hydrogens is 288 g/mol. The van der Waals surface area contributed by atoms with Crippen LogP contribution in [0, 0.1) is 0 Å². The van der Waals surface area contributed by atoms with Crippen molar-refractivity contribution in [3.05, 3.63) is 27.7 Å². The van der Waals surface area contributed by atoms with Crippen molar-refractivity contribution in [3.8, 4) is 0 Å². The summed E-state index contributed by atoms with van der Waals surface area (Å²) < 4.78 is 0. The SMILES string of the molecule is CCC(C)(NCc1cnc(N)s1)c1nccs1.Cl. The first-order valence-corrected chi connectivity index (χ1v) is 7.19. The van der Waals surface area contributed by atoms with Crippen LogP contribution in [-0.2, 0) is 12.1 Å². The van der Waals surface area contributed by atoms with Crippen LogP contribution >= 0.6 is 35.1 Å². The van der Waals surface area contributed by atoms with E-state index in [1.54, 1.807) is 11.3 Å². The second-order valence-corrected chi connectivity index (χ2v) is 6.08. The fourth-order valence-electron chi connectivity index (χ4n) is 1.53. The molecule has 0 saturated carbocycles. The lowest BCUT2D eigenvalue weighted by atomic mass is 10.00. The molecule has 0 amide bonds. The highest BCUT2D eigenvalue weighted by Gasteiger charge is 2.26. The minimum atomic E-state index is -0.0765. The summed E-state index contributed by atoms with van der Waals surface area (Å²) in [6.45, 7) is 5.12. The smallest absolute Gasteiger partial charge is 0.180 e. The van der Waals surface area contributed by atoms with E-state index in [0.717, 1.165) is 22.9 Å². The number of hydrogen-bond acceptors (Lipinski definition) is 6. The van der Waals surface area contributed by atoms with Gasteiger partial charge in [0.15, 0.2) is 5.13 Å². The second-order valence-electron chi connectivity index (χ2n) is 4.04. The maximum absolute atomic E-state index is 5.61.